The molecule has 19 heteroatoms. The Hall–Kier alpha value is -3.77. The fraction of sp³-hybridized carbons (Fsp3) is 0.702. The standard InChI is InChI=1S/C57H79NO18/c1-31-46(60)50(68-9)47(61)52(71-31)76-49-33(3)70-45(28-40(49)67-8)75-48-32(2)69-44(27-39(48)66-7)73-38-20-21-53(5)37(26-38)19-22-56(64)41(53)29-42(74-43(59)18-17-35-14-11-10-12-15-35)54(6)55(63,23-24-57(54,56)65)34(4)72-51(62)36-16-13-25-58-30-36/h10-19,25,30-34,38-42,44-50,52,60-61,63-65H,20-24,26-29H2,1-9H3. The summed E-state index contributed by atoms with van der Waals surface area (Å²) < 4.78 is 68.0. The highest BCUT2D eigenvalue weighted by Gasteiger charge is 2.81. The monoisotopic (exact) mass is 1070 g/mol. The number of pyridine rings is 1. The molecule has 0 amide bonds. The smallest absolute Gasteiger partial charge is 0.340 e. The van der Waals surface area contributed by atoms with E-state index >= 15 is 0 Å². The molecular formula is C57H79NO18. The predicted molar refractivity (Wildman–Crippen MR) is 271 cm³/mol. The first-order valence-electron chi connectivity index (χ1n) is 26.9. The summed E-state index contributed by atoms with van der Waals surface area (Å²) in [6.45, 7) is 10.7. The number of fused-ring (bicyclic) bond motifs is 5. The van der Waals surface area contributed by atoms with Crippen molar-refractivity contribution in [1.82, 2.24) is 4.98 Å². The van der Waals surface area contributed by atoms with Crippen LogP contribution >= 0.6 is 0 Å². The molecule has 6 fully saturated rings. The number of aromatic nitrogens is 1. The van der Waals surface area contributed by atoms with Gasteiger partial charge in [0.2, 0.25) is 0 Å². The SMILES string of the molecule is COC1CC(OC2CCC3(C)C(=CCC4(O)C3CC(OC(=O)C=Cc3ccccc3)C3(C)C(O)(C(C)OC(=O)c5cccnc5)CCC43O)C2)OC(C)C1OC1CC(OC)C(OC2OC(C)C(O)C(OC)C2O)C(C)O1. The molecule has 7 aliphatic rings. The van der Waals surface area contributed by atoms with Crippen LogP contribution in [0.1, 0.15) is 115 Å². The summed E-state index contributed by atoms with van der Waals surface area (Å²) in [5.41, 5.74) is -6.13. The number of aliphatic hydroxyl groups is 5. The average Bonchev–Trinajstić information content (AvgIpc) is 3.25. The van der Waals surface area contributed by atoms with Crippen molar-refractivity contribution in [2.24, 2.45) is 16.7 Å². The minimum Gasteiger partial charge on any atom is -0.458 e. The van der Waals surface area contributed by atoms with Crippen molar-refractivity contribution in [3.8, 4) is 0 Å². The van der Waals surface area contributed by atoms with Gasteiger partial charge in [-0.05, 0) is 102 Å². The summed E-state index contributed by atoms with van der Waals surface area (Å²) >= 11 is 0. The van der Waals surface area contributed by atoms with Gasteiger partial charge in [-0.15, -0.1) is 0 Å². The highest BCUT2D eigenvalue weighted by Crippen LogP contribution is 2.71. The van der Waals surface area contributed by atoms with Gasteiger partial charge < -0.3 is 77.6 Å². The first kappa shape index (κ1) is 56.9. The summed E-state index contributed by atoms with van der Waals surface area (Å²) in [5.74, 6) is -2.02. The van der Waals surface area contributed by atoms with E-state index in [0.717, 1.165) is 11.1 Å². The molecule has 22 atom stereocenters. The minimum absolute atomic E-state index is 0.0534. The lowest BCUT2D eigenvalue weighted by atomic mass is 9.42. The maximum absolute atomic E-state index is 13.9. The Kier molecular flexibility index (Phi) is 16.8. The van der Waals surface area contributed by atoms with Gasteiger partial charge in [-0.1, -0.05) is 55.8 Å². The first-order valence-corrected chi connectivity index (χ1v) is 26.9. The Bertz CT molecular complexity index is 2400. The Morgan fingerprint density at radius 1 is 0.776 bits per heavy atom. The molecule has 9 rings (SSSR count). The van der Waals surface area contributed by atoms with E-state index in [-0.39, 0.29) is 37.4 Å². The second-order valence-corrected chi connectivity index (χ2v) is 22.7. The molecule has 5 N–H and O–H groups in total. The minimum atomic E-state index is -2.01. The van der Waals surface area contributed by atoms with Crippen molar-refractivity contribution >= 4 is 18.0 Å². The zero-order valence-corrected chi connectivity index (χ0v) is 45.1. The number of methoxy groups -OCH3 is 3. The first-order chi connectivity index (χ1) is 36.1. The van der Waals surface area contributed by atoms with Crippen molar-refractivity contribution in [1.29, 1.82) is 0 Å². The van der Waals surface area contributed by atoms with E-state index in [1.807, 2.05) is 50.3 Å². The van der Waals surface area contributed by atoms with E-state index in [2.05, 4.69) is 11.9 Å². The number of esters is 2. The van der Waals surface area contributed by atoms with Crippen LogP contribution in [0.25, 0.3) is 6.08 Å². The second kappa shape index (κ2) is 22.4. The van der Waals surface area contributed by atoms with Crippen LogP contribution in [0.15, 0.2) is 72.6 Å². The number of hydrogen-bond donors (Lipinski definition) is 5. The number of aliphatic hydroxyl groups excluding tert-OH is 2. The molecule has 76 heavy (non-hydrogen) atoms. The molecule has 1 aromatic carbocycles. The van der Waals surface area contributed by atoms with Gasteiger partial charge in [0.05, 0.1) is 47.6 Å². The van der Waals surface area contributed by atoms with Crippen LogP contribution in [-0.2, 0) is 56.9 Å². The van der Waals surface area contributed by atoms with E-state index in [1.54, 1.807) is 53.2 Å². The molecule has 22 unspecified atom stereocenters. The normalized spacial score (nSPS) is 44.7. The lowest BCUT2D eigenvalue weighted by molar-refractivity contribution is -0.352. The summed E-state index contributed by atoms with van der Waals surface area (Å²) in [4.78, 5) is 31.4. The lowest BCUT2D eigenvalue weighted by Gasteiger charge is -2.67. The Balaban J connectivity index is 0.881. The van der Waals surface area contributed by atoms with Crippen molar-refractivity contribution in [3.63, 3.8) is 0 Å². The Morgan fingerprint density at radius 2 is 1.45 bits per heavy atom. The number of benzene rings is 1. The van der Waals surface area contributed by atoms with E-state index in [1.165, 1.54) is 25.6 Å². The Labute approximate surface area is 445 Å². The summed E-state index contributed by atoms with van der Waals surface area (Å²) in [7, 11) is 4.60. The van der Waals surface area contributed by atoms with Crippen molar-refractivity contribution < 1.29 is 87.2 Å². The van der Waals surface area contributed by atoms with Gasteiger partial charge in [-0.25, -0.2) is 9.59 Å². The quantitative estimate of drug-likeness (QED) is 0.0919. The number of rotatable bonds is 15. The summed E-state index contributed by atoms with van der Waals surface area (Å²) in [6, 6.07) is 12.5. The van der Waals surface area contributed by atoms with Gasteiger partial charge in [0.25, 0.3) is 0 Å². The number of nitrogens with zero attached hydrogens (tertiary/aromatic N) is 1. The summed E-state index contributed by atoms with van der Waals surface area (Å²) in [5, 5.41) is 61.0. The largest absolute Gasteiger partial charge is 0.458 e. The molecule has 3 saturated heterocycles. The highest BCUT2D eigenvalue weighted by molar-refractivity contribution is 5.89. The van der Waals surface area contributed by atoms with Crippen LogP contribution in [0.2, 0.25) is 0 Å². The second-order valence-electron chi connectivity index (χ2n) is 22.7. The fourth-order valence-corrected chi connectivity index (χ4v) is 14.3. The lowest BCUT2D eigenvalue weighted by Crippen LogP contribution is -2.78. The van der Waals surface area contributed by atoms with E-state index < -0.39 is 138 Å². The number of carbonyl (C=O) groups is 2. The zero-order valence-electron chi connectivity index (χ0n) is 45.1. The molecule has 19 nitrogen and oxygen atoms in total. The molecule has 420 valence electrons. The van der Waals surface area contributed by atoms with E-state index in [0.29, 0.717) is 32.1 Å². The molecule has 3 saturated carbocycles. The molecule has 4 aliphatic carbocycles. The molecule has 1 aromatic heterocycles. The third-order valence-electron chi connectivity index (χ3n) is 18.8. The number of ether oxygens (including phenoxy) is 11. The van der Waals surface area contributed by atoms with Gasteiger partial charge >= 0.3 is 11.9 Å². The fourth-order valence-electron chi connectivity index (χ4n) is 14.3. The van der Waals surface area contributed by atoms with Crippen LogP contribution in [0.4, 0.5) is 0 Å². The van der Waals surface area contributed by atoms with Crippen molar-refractivity contribution in [2.45, 2.75) is 214 Å². The van der Waals surface area contributed by atoms with Crippen LogP contribution in [0, 0.1) is 16.7 Å². The van der Waals surface area contributed by atoms with E-state index in [4.69, 9.17) is 52.1 Å². The molecule has 4 heterocycles. The van der Waals surface area contributed by atoms with Gasteiger partial charge in [-0.3, -0.25) is 4.98 Å². The average molecular weight is 1070 g/mol. The van der Waals surface area contributed by atoms with Crippen LogP contribution < -0.4 is 0 Å². The molecule has 0 radical (unpaired) electrons. The number of hydrogen-bond acceptors (Lipinski definition) is 19. The van der Waals surface area contributed by atoms with Gasteiger partial charge in [-0.2, -0.15) is 0 Å². The van der Waals surface area contributed by atoms with Crippen molar-refractivity contribution in [2.75, 3.05) is 21.3 Å². The topological polar surface area (TPSA) is 250 Å². The Morgan fingerprint density at radius 3 is 2.09 bits per heavy atom. The highest BCUT2D eigenvalue weighted by atomic mass is 16.8. The van der Waals surface area contributed by atoms with Gasteiger partial charge in [0, 0.05) is 58.6 Å². The molecule has 0 bridgehead atoms. The van der Waals surface area contributed by atoms with Crippen LogP contribution in [-0.4, -0.2) is 179 Å². The summed E-state index contributed by atoms with van der Waals surface area (Å²) in [6.07, 6.45) is -1.79. The van der Waals surface area contributed by atoms with Crippen LogP contribution in [0.5, 0.6) is 0 Å². The predicted octanol–water partition coefficient (Wildman–Crippen LogP) is 4.72. The molecule has 2 aromatic rings. The maximum atomic E-state index is 13.9. The van der Waals surface area contributed by atoms with E-state index in [9.17, 15) is 35.1 Å². The molecule has 0 spiro atoms. The third kappa shape index (κ3) is 10.0. The molecule has 3 aliphatic heterocycles. The van der Waals surface area contributed by atoms with Gasteiger partial charge in [0.15, 0.2) is 18.9 Å². The van der Waals surface area contributed by atoms with Crippen LogP contribution in [0.3, 0.4) is 0 Å². The zero-order chi connectivity index (χ0) is 54.5. The maximum Gasteiger partial charge on any atom is 0.340 e. The van der Waals surface area contributed by atoms with Crippen molar-refractivity contribution in [3.05, 3.63) is 83.7 Å². The molecular weight excluding hydrogens is 987 g/mol. The third-order valence-corrected chi connectivity index (χ3v) is 18.8. The number of carbonyl (C=O) groups excluding carboxylic acids is 2. The van der Waals surface area contributed by atoms with Gasteiger partial charge in [0.1, 0.15) is 59.5 Å².